The molecule has 0 aliphatic carbocycles. The van der Waals surface area contributed by atoms with Crippen LogP contribution in [-0.2, 0) is 11.8 Å². The van der Waals surface area contributed by atoms with Crippen LogP contribution in [0.5, 0.6) is 0 Å². The monoisotopic (exact) mass is 513 g/mol. The molecule has 3 aromatic carbocycles. The zero-order chi connectivity index (χ0) is 24.4. The van der Waals surface area contributed by atoms with Crippen molar-refractivity contribution in [2.75, 3.05) is 13.6 Å². The van der Waals surface area contributed by atoms with Crippen LogP contribution in [0.3, 0.4) is 0 Å². The van der Waals surface area contributed by atoms with Crippen molar-refractivity contribution in [2.24, 2.45) is 7.05 Å². The topological polar surface area (TPSA) is 54.3 Å². The first-order chi connectivity index (χ1) is 16.3. The molecule has 1 heterocycles. The number of likely N-dealkylation sites (N-methyl/N-ethyl adjacent to an activating group) is 1. The molecule has 8 heteroatoms. The number of carbonyl (C=O) groups is 2. The van der Waals surface area contributed by atoms with Crippen molar-refractivity contribution < 1.29 is 9.59 Å². The van der Waals surface area contributed by atoms with E-state index in [0.29, 0.717) is 20.9 Å². The number of nitrogens with one attached hydrogen (secondary N) is 1. The summed E-state index contributed by atoms with van der Waals surface area (Å²) in [5.41, 5.74) is 2.84. The maximum absolute atomic E-state index is 13.3. The van der Waals surface area contributed by atoms with E-state index in [1.165, 1.54) is 4.90 Å². The van der Waals surface area contributed by atoms with Crippen LogP contribution in [0.1, 0.15) is 27.5 Å². The molecule has 34 heavy (non-hydrogen) atoms. The molecule has 0 aliphatic rings. The Bertz CT molecular complexity index is 1310. The number of hydrogen-bond acceptors (Lipinski definition) is 2. The highest BCUT2D eigenvalue weighted by Crippen LogP contribution is 2.35. The summed E-state index contributed by atoms with van der Waals surface area (Å²) in [4.78, 5) is 27.7. The molecule has 0 bridgehead atoms. The number of rotatable bonds is 6. The average Bonchev–Trinajstić information content (AvgIpc) is 3.07. The number of carbonyl (C=O) groups excluding carboxylic acids is 2. The first-order valence-corrected chi connectivity index (χ1v) is 11.7. The maximum atomic E-state index is 13.3. The van der Waals surface area contributed by atoms with Crippen molar-refractivity contribution >= 4 is 57.5 Å². The van der Waals surface area contributed by atoms with Gasteiger partial charge in [0, 0.05) is 19.5 Å². The Morgan fingerprint density at radius 1 is 0.912 bits per heavy atom. The Morgan fingerprint density at radius 3 is 2.00 bits per heavy atom. The molecule has 0 fully saturated rings. The normalized spacial score (nSPS) is 11.1. The van der Waals surface area contributed by atoms with Gasteiger partial charge in [0.1, 0.15) is 5.15 Å². The van der Waals surface area contributed by atoms with Gasteiger partial charge in [-0.3, -0.25) is 9.59 Å². The van der Waals surface area contributed by atoms with Crippen molar-refractivity contribution in [3.8, 4) is 0 Å². The minimum atomic E-state index is -0.389. The van der Waals surface area contributed by atoms with Crippen LogP contribution in [0.2, 0.25) is 15.2 Å². The van der Waals surface area contributed by atoms with Crippen molar-refractivity contribution in [2.45, 2.75) is 6.04 Å². The molecule has 1 aromatic heterocycles. The summed E-state index contributed by atoms with van der Waals surface area (Å²) >= 11 is 18.8. The highest BCUT2D eigenvalue weighted by molar-refractivity contribution is 6.43. The summed E-state index contributed by atoms with van der Waals surface area (Å²) in [5, 5.41) is 4.56. The summed E-state index contributed by atoms with van der Waals surface area (Å²) < 4.78 is 1.67. The minimum absolute atomic E-state index is 0.150. The summed E-state index contributed by atoms with van der Waals surface area (Å²) in [6.45, 7) is -0.150. The molecule has 4 aromatic rings. The Balaban J connectivity index is 1.57. The highest BCUT2D eigenvalue weighted by atomic mass is 35.5. The van der Waals surface area contributed by atoms with Crippen LogP contribution in [0.25, 0.3) is 10.9 Å². The largest absolute Gasteiger partial charge is 0.344 e. The lowest BCUT2D eigenvalue weighted by molar-refractivity contribution is -0.122. The molecule has 4 rings (SSSR count). The van der Waals surface area contributed by atoms with Gasteiger partial charge < -0.3 is 14.8 Å². The second-order valence-corrected chi connectivity index (χ2v) is 9.16. The van der Waals surface area contributed by atoms with Crippen LogP contribution in [0, 0.1) is 0 Å². The van der Waals surface area contributed by atoms with Crippen LogP contribution in [0.4, 0.5) is 0 Å². The second kappa shape index (κ2) is 10.1. The number of hydrogen-bond donors (Lipinski definition) is 1. The van der Waals surface area contributed by atoms with Crippen molar-refractivity contribution in [1.82, 2.24) is 14.8 Å². The van der Waals surface area contributed by atoms with Gasteiger partial charge in [0.25, 0.3) is 5.91 Å². The second-order valence-electron chi connectivity index (χ2n) is 7.99. The van der Waals surface area contributed by atoms with E-state index in [9.17, 15) is 9.59 Å². The molecule has 5 nitrogen and oxygen atoms in total. The van der Waals surface area contributed by atoms with Gasteiger partial charge in [-0.1, -0.05) is 95.5 Å². The van der Waals surface area contributed by atoms with E-state index in [-0.39, 0.29) is 35.1 Å². The van der Waals surface area contributed by atoms with Crippen LogP contribution < -0.4 is 5.32 Å². The lowest BCUT2D eigenvalue weighted by Gasteiger charge is -2.22. The number of fused-ring (bicyclic) bond motifs is 1. The summed E-state index contributed by atoms with van der Waals surface area (Å²) in [6.07, 6.45) is 0. The lowest BCUT2D eigenvalue weighted by atomic mass is 9.99. The highest BCUT2D eigenvalue weighted by Gasteiger charge is 2.26. The third-order valence-corrected chi connectivity index (χ3v) is 6.85. The SMILES string of the molecule is CN(CC(=O)NC(c1ccccc1)c1ccccc1)C(=O)c1c(Cl)n(C)c2cc(Cl)c(Cl)cc12. The first-order valence-electron chi connectivity index (χ1n) is 10.6. The summed E-state index contributed by atoms with van der Waals surface area (Å²) in [6, 6.07) is 22.3. The van der Waals surface area contributed by atoms with E-state index >= 15 is 0 Å². The zero-order valence-corrected chi connectivity index (χ0v) is 20.8. The van der Waals surface area contributed by atoms with E-state index in [0.717, 1.165) is 11.1 Å². The molecule has 2 amide bonds. The number of benzene rings is 3. The third kappa shape index (κ3) is 4.78. The molecular weight excluding hydrogens is 493 g/mol. The lowest BCUT2D eigenvalue weighted by Crippen LogP contribution is -2.40. The fraction of sp³-hybridized carbons (Fsp3) is 0.154. The van der Waals surface area contributed by atoms with Crippen molar-refractivity contribution in [3.05, 3.63) is 105 Å². The third-order valence-electron chi connectivity index (χ3n) is 5.68. The van der Waals surface area contributed by atoms with E-state index < -0.39 is 0 Å². The van der Waals surface area contributed by atoms with E-state index in [1.807, 2.05) is 60.7 Å². The van der Waals surface area contributed by atoms with E-state index in [2.05, 4.69) is 5.32 Å². The number of halogens is 3. The van der Waals surface area contributed by atoms with Gasteiger partial charge in [-0.05, 0) is 23.3 Å². The smallest absolute Gasteiger partial charge is 0.257 e. The quantitative estimate of drug-likeness (QED) is 0.337. The number of nitrogens with zero attached hydrogens (tertiary/aromatic N) is 2. The van der Waals surface area contributed by atoms with Gasteiger partial charge in [0.05, 0.1) is 33.7 Å². The van der Waals surface area contributed by atoms with Crippen LogP contribution >= 0.6 is 34.8 Å². The molecule has 0 radical (unpaired) electrons. The van der Waals surface area contributed by atoms with Gasteiger partial charge in [0.2, 0.25) is 5.91 Å². The van der Waals surface area contributed by atoms with Crippen molar-refractivity contribution in [1.29, 1.82) is 0 Å². The standard InChI is InChI=1S/C26H22Cl3N3O2/c1-31(26(34)23-18-13-19(27)20(28)14-21(18)32(2)25(23)29)15-22(33)30-24(16-9-5-3-6-10-16)17-11-7-4-8-12-17/h3-14,24H,15H2,1-2H3,(H,30,33). The molecule has 0 saturated carbocycles. The van der Waals surface area contributed by atoms with E-state index in [4.69, 9.17) is 34.8 Å². The van der Waals surface area contributed by atoms with Gasteiger partial charge in [-0.2, -0.15) is 0 Å². The molecule has 0 saturated heterocycles. The predicted octanol–water partition coefficient (Wildman–Crippen LogP) is 6.12. The molecule has 174 valence electrons. The minimum Gasteiger partial charge on any atom is -0.344 e. The van der Waals surface area contributed by atoms with Crippen LogP contribution in [0.15, 0.2) is 72.8 Å². The maximum Gasteiger partial charge on any atom is 0.257 e. The Labute approximate surface area is 212 Å². The fourth-order valence-electron chi connectivity index (χ4n) is 3.94. The fourth-order valence-corrected chi connectivity index (χ4v) is 4.53. The molecule has 0 atom stereocenters. The number of amides is 2. The summed E-state index contributed by atoms with van der Waals surface area (Å²) in [7, 11) is 3.30. The molecule has 0 spiro atoms. The van der Waals surface area contributed by atoms with E-state index in [1.54, 1.807) is 30.8 Å². The Hall–Kier alpha value is -2.99. The van der Waals surface area contributed by atoms with Crippen LogP contribution in [-0.4, -0.2) is 34.9 Å². The van der Waals surface area contributed by atoms with Gasteiger partial charge >= 0.3 is 0 Å². The molecule has 0 unspecified atom stereocenters. The van der Waals surface area contributed by atoms with Gasteiger partial charge in [-0.15, -0.1) is 0 Å². The van der Waals surface area contributed by atoms with Gasteiger partial charge in [-0.25, -0.2) is 0 Å². The number of aromatic nitrogens is 1. The zero-order valence-electron chi connectivity index (χ0n) is 18.6. The Kier molecular flexibility index (Phi) is 7.17. The predicted molar refractivity (Wildman–Crippen MR) is 138 cm³/mol. The molecular formula is C26H22Cl3N3O2. The Morgan fingerprint density at radius 2 is 1.44 bits per heavy atom. The molecule has 1 N–H and O–H groups in total. The first kappa shape index (κ1) is 24.1. The number of aryl methyl sites for hydroxylation is 1. The van der Waals surface area contributed by atoms with Gasteiger partial charge in [0.15, 0.2) is 0 Å². The summed E-state index contributed by atoms with van der Waals surface area (Å²) in [5.74, 6) is -0.689. The average molecular weight is 515 g/mol. The molecule has 0 aliphatic heterocycles. The van der Waals surface area contributed by atoms with Crippen molar-refractivity contribution in [3.63, 3.8) is 0 Å².